The lowest BCUT2D eigenvalue weighted by Gasteiger charge is -1.98. The summed E-state index contributed by atoms with van der Waals surface area (Å²) in [5, 5.41) is 17.2. The van der Waals surface area contributed by atoms with Crippen molar-refractivity contribution in [3.05, 3.63) is 29.1 Å². The van der Waals surface area contributed by atoms with Gasteiger partial charge in [0.05, 0.1) is 5.56 Å². The average molecular weight is 181 g/mol. The van der Waals surface area contributed by atoms with Crippen LogP contribution in [0.5, 0.6) is 0 Å². The van der Waals surface area contributed by atoms with Crippen LogP contribution in [0.25, 0.3) is 0 Å². The van der Waals surface area contributed by atoms with Gasteiger partial charge in [0, 0.05) is 5.69 Å². The molecule has 5 heteroatoms. The molecular weight excluding hydrogens is 174 g/mol. The molecule has 0 aromatic carbocycles. The van der Waals surface area contributed by atoms with Crippen LogP contribution in [0, 0.1) is 6.92 Å². The van der Waals surface area contributed by atoms with E-state index >= 15 is 0 Å². The van der Waals surface area contributed by atoms with Gasteiger partial charge in [0.15, 0.2) is 0 Å². The van der Waals surface area contributed by atoms with Gasteiger partial charge in [0.25, 0.3) is 0 Å². The van der Waals surface area contributed by atoms with Crippen molar-refractivity contribution >= 4 is 11.9 Å². The Morgan fingerprint density at radius 2 is 1.85 bits per heavy atom. The summed E-state index contributed by atoms with van der Waals surface area (Å²) in [6.45, 7) is 1.54. The number of carboxylic acid groups (broad SMARTS) is 2. The van der Waals surface area contributed by atoms with Crippen molar-refractivity contribution < 1.29 is 19.8 Å². The summed E-state index contributed by atoms with van der Waals surface area (Å²) in [5.74, 6) is -2.39. The smallest absolute Gasteiger partial charge is 0.354 e. The molecule has 1 rings (SSSR count). The molecule has 0 amide bonds. The van der Waals surface area contributed by atoms with Crippen molar-refractivity contribution in [2.45, 2.75) is 6.92 Å². The molecule has 0 spiro atoms. The van der Waals surface area contributed by atoms with Gasteiger partial charge < -0.3 is 10.2 Å². The Balaban J connectivity index is 3.26. The topological polar surface area (TPSA) is 87.5 Å². The van der Waals surface area contributed by atoms with Crippen molar-refractivity contribution in [3.8, 4) is 0 Å². The highest BCUT2D eigenvalue weighted by Gasteiger charge is 2.10. The summed E-state index contributed by atoms with van der Waals surface area (Å²) in [7, 11) is 0. The van der Waals surface area contributed by atoms with Gasteiger partial charge in [-0.3, -0.25) is 0 Å². The van der Waals surface area contributed by atoms with Crippen molar-refractivity contribution in [2.24, 2.45) is 0 Å². The molecule has 1 aromatic heterocycles. The number of aryl methyl sites for hydroxylation is 1. The number of aromatic nitrogens is 1. The third-order valence-corrected chi connectivity index (χ3v) is 1.42. The molecule has 1 aromatic rings. The monoisotopic (exact) mass is 181 g/mol. The molecule has 0 saturated carbocycles. The van der Waals surface area contributed by atoms with E-state index in [-0.39, 0.29) is 11.3 Å². The standard InChI is InChI=1S/C8H7NO4/c1-4-2-5(7(10)11)3-6(9-4)8(12)13/h2-3H,1H3,(H,10,11)(H,12,13). The molecule has 0 atom stereocenters. The van der Waals surface area contributed by atoms with E-state index in [1.165, 1.54) is 6.07 Å². The van der Waals surface area contributed by atoms with Gasteiger partial charge in [-0.25, -0.2) is 14.6 Å². The minimum Gasteiger partial charge on any atom is -0.478 e. The second kappa shape index (κ2) is 3.22. The lowest BCUT2D eigenvalue weighted by atomic mass is 10.2. The Bertz CT molecular complexity index is 340. The third kappa shape index (κ3) is 2.02. The van der Waals surface area contributed by atoms with Gasteiger partial charge in [-0.15, -0.1) is 0 Å². The second-order valence-electron chi connectivity index (χ2n) is 2.49. The summed E-state index contributed by atoms with van der Waals surface area (Å²) in [6.07, 6.45) is 0. The van der Waals surface area contributed by atoms with E-state index in [2.05, 4.69) is 4.98 Å². The van der Waals surface area contributed by atoms with E-state index in [4.69, 9.17) is 10.2 Å². The normalized spacial score (nSPS) is 9.62. The van der Waals surface area contributed by atoms with Crippen LogP contribution in [0.4, 0.5) is 0 Å². The maximum Gasteiger partial charge on any atom is 0.354 e. The predicted molar refractivity (Wildman–Crippen MR) is 42.9 cm³/mol. The predicted octanol–water partition coefficient (Wildman–Crippen LogP) is 0.786. The van der Waals surface area contributed by atoms with Crippen molar-refractivity contribution in [2.75, 3.05) is 0 Å². The van der Waals surface area contributed by atoms with Crippen LogP contribution in [0.3, 0.4) is 0 Å². The van der Waals surface area contributed by atoms with Crippen LogP contribution in [0.1, 0.15) is 26.5 Å². The summed E-state index contributed by atoms with van der Waals surface area (Å²) in [6, 6.07) is 2.34. The highest BCUT2D eigenvalue weighted by molar-refractivity contribution is 5.92. The van der Waals surface area contributed by atoms with E-state index < -0.39 is 11.9 Å². The van der Waals surface area contributed by atoms with Gasteiger partial charge in [-0.05, 0) is 19.1 Å². The molecule has 0 unspecified atom stereocenters. The summed E-state index contributed by atoms with van der Waals surface area (Å²) < 4.78 is 0. The number of nitrogens with zero attached hydrogens (tertiary/aromatic N) is 1. The van der Waals surface area contributed by atoms with Crippen LogP contribution >= 0.6 is 0 Å². The van der Waals surface area contributed by atoms with Crippen molar-refractivity contribution in [3.63, 3.8) is 0 Å². The van der Waals surface area contributed by atoms with E-state index in [0.717, 1.165) is 6.07 Å². The number of carboxylic acids is 2. The zero-order valence-electron chi connectivity index (χ0n) is 6.81. The highest BCUT2D eigenvalue weighted by atomic mass is 16.4. The van der Waals surface area contributed by atoms with E-state index in [1.807, 2.05) is 0 Å². The first-order valence-corrected chi connectivity index (χ1v) is 3.46. The molecule has 0 saturated heterocycles. The Morgan fingerprint density at radius 3 is 2.31 bits per heavy atom. The lowest BCUT2D eigenvalue weighted by molar-refractivity contribution is 0.0690. The fourth-order valence-electron chi connectivity index (χ4n) is 0.902. The van der Waals surface area contributed by atoms with Crippen molar-refractivity contribution in [1.82, 2.24) is 4.98 Å². The number of carbonyl (C=O) groups is 2. The molecular formula is C8H7NO4. The average Bonchev–Trinajstić information content (AvgIpc) is 2.03. The van der Waals surface area contributed by atoms with Gasteiger partial charge in [-0.2, -0.15) is 0 Å². The minimum atomic E-state index is -1.23. The quantitative estimate of drug-likeness (QED) is 0.704. The number of pyridine rings is 1. The van der Waals surface area contributed by atoms with Crippen LogP contribution in [0.15, 0.2) is 12.1 Å². The molecule has 0 radical (unpaired) electrons. The fraction of sp³-hybridized carbons (Fsp3) is 0.125. The first-order valence-electron chi connectivity index (χ1n) is 3.46. The number of hydrogen-bond donors (Lipinski definition) is 2. The largest absolute Gasteiger partial charge is 0.478 e. The summed E-state index contributed by atoms with van der Waals surface area (Å²) >= 11 is 0. The number of hydrogen-bond acceptors (Lipinski definition) is 3. The molecule has 0 aliphatic heterocycles. The van der Waals surface area contributed by atoms with Crippen molar-refractivity contribution in [1.29, 1.82) is 0 Å². The van der Waals surface area contributed by atoms with Crippen LogP contribution < -0.4 is 0 Å². The molecule has 1 heterocycles. The molecule has 0 aliphatic carbocycles. The first kappa shape index (κ1) is 9.18. The minimum absolute atomic E-state index is 0.0649. The molecule has 68 valence electrons. The van der Waals surface area contributed by atoms with E-state index in [1.54, 1.807) is 6.92 Å². The summed E-state index contributed by atoms with van der Waals surface area (Å²) in [5.41, 5.74) is 0.0552. The highest BCUT2D eigenvalue weighted by Crippen LogP contribution is 2.05. The SMILES string of the molecule is Cc1cc(C(=O)O)cc(C(=O)O)n1. The summed E-state index contributed by atoms with van der Waals surface area (Å²) in [4.78, 5) is 24.6. The Hall–Kier alpha value is -1.91. The fourth-order valence-corrected chi connectivity index (χ4v) is 0.902. The molecule has 0 fully saturated rings. The van der Waals surface area contributed by atoms with Gasteiger partial charge in [-0.1, -0.05) is 0 Å². The first-order chi connectivity index (χ1) is 6.00. The molecule has 0 bridgehead atoms. The van der Waals surface area contributed by atoms with Gasteiger partial charge >= 0.3 is 11.9 Å². The van der Waals surface area contributed by atoms with E-state index in [0.29, 0.717) is 5.69 Å². The molecule has 13 heavy (non-hydrogen) atoms. The second-order valence-corrected chi connectivity index (χ2v) is 2.49. The van der Waals surface area contributed by atoms with Gasteiger partial charge in [0.1, 0.15) is 5.69 Å². The van der Waals surface area contributed by atoms with E-state index in [9.17, 15) is 9.59 Å². The maximum atomic E-state index is 10.5. The van der Waals surface area contributed by atoms with Crippen LogP contribution in [-0.2, 0) is 0 Å². The van der Waals surface area contributed by atoms with Crippen LogP contribution in [-0.4, -0.2) is 27.1 Å². The third-order valence-electron chi connectivity index (χ3n) is 1.42. The Kier molecular flexibility index (Phi) is 2.27. The Labute approximate surface area is 73.7 Å². The zero-order valence-corrected chi connectivity index (χ0v) is 6.81. The molecule has 0 aliphatic rings. The Morgan fingerprint density at radius 1 is 1.23 bits per heavy atom. The molecule has 5 nitrogen and oxygen atoms in total. The number of aromatic carboxylic acids is 2. The van der Waals surface area contributed by atoms with Gasteiger partial charge in [0.2, 0.25) is 0 Å². The van der Waals surface area contributed by atoms with Crippen LogP contribution in [0.2, 0.25) is 0 Å². The molecule has 2 N–H and O–H groups in total. The number of rotatable bonds is 2. The zero-order chi connectivity index (χ0) is 10.0. The maximum absolute atomic E-state index is 10.5. The lowest BCUT2D eigenvalue weighted by Crippen LogP contribution is -2.06.